The van der Waals surface area contributed by atoms with E-state index in [1.54, 1.807) is 6.26 Å². The number of alkyl halides is 1. The molecule has 1 aromatic carbocycles. The highest BCUT2D eigenvalue weighted by Crippen LogP contribution is 2.30. The summed E-state index contributed by atoms with van der Waals surface area (Å²) in [6.07, 6.45) is 1.66. The van der Waals surface area contributed by atoms with Crippen LogP contribution < -0.4 is 0 Å². The normalized spacial score (nSPS) is 13.0. The molecule has 0 radical (unpaired) electrons. The van der Waals surface area contributed by atoms with E-state index in [1.165, 1.54) is 0 Å². The van der Waals surface area contributed by atoms with Gasteiger partial charge >= 0.3 is 0 Å². The first-order valence-electron chi connectivity index (χ1n) is 5.97. The molecule has 0 amide bonds. The molecule has 3 nitrogen and oxygen atoms in total. The van der Waals surface area contributed by atoms with Gasteiger partial charge in [-0.1, -0.05) is 17.7 Å². The number of fused-ring (bicyclic) bond motifs is 1. The Morgan fingerprint density at radius 2 is 2.16 bits per heavy atom. The predicted octanol–water partition coefficient (Wildman–Crippen LogP) is 4.63. The zero-order valence-electron chi connectivity index (χ0n) is 10.3. The van der Waals surface area contributed by atoms with Gasteiger partial charge in [0.05, 0.1) is 28.7 Å². The molecule has 19 heavy (non-hydrogen) atoms. The summed E-state index contributed by atoms with van der Waals surface area (Å²) in [4.78, 5) is 4.52. The molecule has 0 bridgehead atoms. The lowest BCUT2D eigenvalue weighted by Gasteiger charge is -2.14. The summed E-state index contributed by atoms with van der Waals surface area (Å²) in [5, 5.41) is 0.634. The van der Waals surface area contributed by atoms with Crippen LogP contribution in [-0.4, -0.2) is 9.55 Å². The number of furan rings is 1. The molecule has 1 unspecified atom stereocenters. The number of hydrogen-bond acceptors (Lipinski definition) is 2. The van der Waals surface area contributed by atoms with E-state index in [4.69, 9.17) is 27.6 Å². The fourth-order valence-corrected chi connectivity index (χ4v) is 2.71. The molecule has 98 valence electrons. The summed E-state index contributed by atoms with van der Waals surface area (Å²) in [5.74, 6) is 1.98. The molecule has 2 aromatic heterocycles. The number of para-hydroxylation sites is 1. The van der Waals surface area contributed by atoms with Crippen molar-refractivity contribution in [3.8, 4) is 0 Å². The molecule has 0 aliphatic carbocycles. The highest BCUT2D eigenvalue weighted by molar-refractivity contribution is 6.35. The maximum absolute atomic E-state index is 6.19. The minimum Gasteiger partial charge on any atom is -0.467 e. The molecule has 0 saturated heterocycles. The number of halogens is 2. The van der Waals surface area contributed by atoms with E-state index >= 15 is 0 Å². The number of imidazole rings is 1. The van der Waals surface area contributed by atoms with Gasteiger partial charge in [-0.15, -0.1) is 11.6 Å². The van der Waals surface area contributed by atoms with Crippen molar-refractivity contribution in [3.05, 3.63) is 53.2 Å². The van der Waals surface area contributed by atoms with E-state index < -0.39 is 0 Å². The molecule has 5 heteroatoms. The molecule has 0 aliphatic rings. The van der Waals surface area contributed by atoms with Gasteiger partial charge in [0, 0.05) is 0 Å². The topological polar surface area (TPSA) is 31.0 Å². The largest absolute Gasteiger partial charge is 0.467 e. The van der Waals surface area contributed by atoms with Crippen molar-refractivity contribution in [1.82, 2.24) is 9.55 Å². The molecular formula is C14H12Cl2N2O. The number of nitrogens with zero attached hydrogens (tertiary/aromatic N) is 2. The van der Waals surface area contributed by atoms with Crippen LogP contribution in [0.5, 0.6) is 0 Å². The second kappa shape index (κ2) is 4.91. The van der Waals surface area contributed by atoms with Crippen LogP contribution in [0.2, 0.25) is 5.02 Å². The second-order valence-electron chi connectivity index (χ2n) is 4.33. The minimum absolute atomic E-state index is 0.0206. The first kappa shape index (κ1) is 12.6. The van der Waals surface area contributed by atoms with Crippen LogP contribution in [0.15, 0.2) is 41.0 Å². The summed E-state index contributed by atoms with van der Waals surface area (Å²) in [6, 6.07) is 9.57. The van der Waals surface area contributed by atoms with Crippen molar-refractivity contribution >= 4 is 34.2 Å². The lowest BCUT2D eigenvalue weighted by molar-refractivity contribution is 0.446. The Balaban J connectivity index is 2.24. The van der Waals surface area contributed by atoms with Crippen LogP contribution in [0.1, 0.15) is 24.6 Å². The van der Waals surface area contributed by atoms with Gasteiger partial charge in [-0.2, -0.15) is 0 Å². The third-order valence-corrected chi connectivity index (χ3v) is 3.75. The van der Waals surface area contributed by atoms with Crippen LogP contribution in [0.3, 0.4) is 0 Å². The van der Waals surface area contributed by atoms with Crippen molar-refractivity contribution in [2.24, 2.45) is 0 Å². The Labute approximate surface area is 120 Å². The molecule has 0 aliphatic heterocycles. The van der Waals surface area contributed by atoms with Gasteiger partial charge in [0.15, 0.2) is 0 Å². The molecular weight excluding hydrogens is 283 g/mol. The zero-order chi connectivity index (χ0) is 13.4. The number of rotatable bonds is 3. The molecule has 0 fully saturated rings. The summed E-state index contributed by atoms with van der Waals surface area (Å²) in [7, 11) is 0. The van der Waals surface area contributed by atoms with E-state index in [0.717, 1.165) is 22.6 Å². The predicted molar refractivity (Wildman–Crippen MR) is 76.8 cm³/mol. The van der Waals surface area contributed by atoms with Gasteiger partial charge in [0.2, 0.25) is 0 Å². The van der Waals surface area contributed by atoms with Gasteiger partial charge in [-0.3, -0.25) is 0 Å². The Morgan fingerprint density at radius 1 is 1.32 bits per heavy atom. The third-order valence-electron chi connectivity index (χ3n) is 3.21. The maximum Gasteiger partial charge on any atom is 0.126 e. The van der Waals surface area contributed by atoms with E-state index in [2.05, 4.69) is 16.5 Å². The molecule has 3 rings (SSSR count). The summed E-state index contributed by atoms with van der Waals surface area (Å²) >= 11 is 12.2. The van der Waals surface area contributed by atoms with E-state index in [-0.39, 0.29) is 6.04 Å². The van der Waals surface area contributed by atoms with E-state index in [1.807, 2.05) is 30.3 Å². The molecule has 1 atom stereocenters. The van der Waals surface area contributed by atoms with Crippen LogP contribution in [0.4, 0.5) is 0 Å². The summed E-state index contributed by atoms with van der Waals surface area (Å²) < 4.78 is 7.54. The van der Waals surface area contributed by atoms with Crippen molar-refractivity contribution in [3.63, 3.8) is 0 Å². The first-order chi connectivity index (χ1) is 9.22. The molecule has 0 saturated carbocycles. The molecule has 0 N–H and O–H groups in total. The average molecular weight is 295 g/mol. The van der Waals surface area contributed by atoms with Crippen molar-refractivity contribution in [2.45, 2.75) is 18.8 Å². The average Bonchev–Trinajstić information content (AvgIpc) is 3.05. The van der Waals surface area contributed by atoms with Gasteiger partial charge in [0.25, 0.3) is 0 Å². The number of hydrogen-bond donors (Lipinski definition) is 0. The fourth-order valence-electron chi connectivity index (χ4n) is 2.31. The van der Waals surface area contributed by atoms with E-state index in [0.29, 0.717) is 10.9 Å². The van der Waals surface area contributed by atoms with Gasteiger partial charge in [-0.05, 0) is 31.2 Å². The lowest BCUT2D eigenvalue weighted by Crippen LogP contribution is -2.09. The number of aromatic nitrogens is 2. The Hall–Kier alpha value is -1.45. The Bertz CT molecular complexity index is 704. The van der Waals surface area contributed by atoms with Crippen molar-refractivity contribution in [1.29, 1.82) is 0 Å². The smallest absolute Gasteiger partial charge is 0.126 e. The van der Waals surface area contributed by atoms with Crippen molar-refractivity contribution < 1.29 is 4.42 Å². The monoisotopic (exact) mass is 294 g/mol. The van der Waals surface area contributed by atoms with Gasteiger partial charge in [-0.25, -0.2) is 4.98 Å². The minimum atomic E-state index is 0.0206. The van der Waals surface area contributed by atoms with Crippen LogP contribution in [0.25, 0.3) is 11.0 Å². The third kappa shape index (κ3) is 2.03. The molecule has 0 spiro atoms. The Kier molecular flexibility index (Phi) is 3.25. The highest BCUT2D eigenvalue weighted by atomic mass is 35.5. The summed E-state index contributed by atoms with van der Waals surface area (Å²) in [6.45, 7) is 2.05. The molecule has 3 aromatic rings. The SMILES string of the molecule is CC(c1ccco1)n1c(CCl)nc2c(Cl)cccc21. The van der Waals surface area contributed by atoms with Crippen LogP contribution >= 0.6 is 23.2 Å². The summed E-state index contributed by atoms with van der Waals surface area (Å²) in [5.41, 5.74) is 1.74. The standard InChI is InChI=1S/C14H12Cl2N2O/c1-9(12-6-3-7-19-12)18-11-5-2-4-10(16)14(11)17-13(18)8-15/h2-7,9H,8H2,1H3. The zero-order valence-corrected chi connectivity index (χ0v) is 11.8. The van der Waals surface area contributed by atoms with Crippen LogP contribution in [-0.2, 0) is 5.88 Å². The van der Waals surface area contributed by atoms with Crippen molar-refractivity contribution in [2.75, 3.05) is 0 Å². The Morgan fingerprint density at radius 3 is 2.84 bits per heavy atom. The molecule has 2 heterocycles. The van der Waals surface area contributed by atoms with Crippen LogP contribution in [0, 0.1) is 0 Å². The quantitative estimate of drug-likeness (QED) is 0.659. The maximum atomic E-state index is 6.19. The first-order valence-corrected chi connectivity index (χ1v) is 6.88. The number of benzene rings is 1. The fraction of sp³-hybridized carbons (Fsp3) is 0.214. The lowest BCUT2D eigenvalue weighted by atomic mass is 10.2. The highest BCUT2D eigenvalue weighted by Gasteiger charge is 2.19. The van der Waals surface area contributed by atoms with E-state index in [9.17, 15) is 0 Å². The van der Waals surface area contributed by atoms with Gasteiger partial charge in [0.1, 0.15) is 17.1 Å². The van der Waals surface area contributed by atoms with Gasteiger partial charge < -0.3 is 8.98 Å². The second-order valence-corrected chi connectivity index (χ2v) is 5.01.